The lowest BCUT2D eigenvalue weighted by atomic mass is 9.83. The third kappa shape index (κ3) is 5.53. The zero-order valence-corrected chi connectivity index (χ0v) is 19.4. The van der Waals surface area contributed by atoms with Gasteiger partial charge in [0, 0.05) is 22.2 Å². The summed E-state index contributed by atoms with van der Waals surface area (Å²) in [5.74, 6) is -0.514. The number of benzene rings is 2. The van der Waals surface area contributed by atoms with Crippen molar-refractivity contribution in [2.75, 3.05) is 30.7 Å². The van der Waals surface area contributed by atoms with Gasteiger partial charge in [0.15, 0.2) is 0 Å². The Morgan fingerprint density at radius 1 is 1.12 bits per heavy atom. The van der Waals surface area contributed by atoms with Crippen molar-refractivity contribution in [3.8, 4) is 5.75 Å². The molecular formula is C23H26ClF3N2O2S. The minimum Gasteiger partial charge on any atom is -0.508 e. The lowest BCUT2D eigenvalue weighted by molar-refractivity contribution is -0.137. The van der Waals surface area contributed by atoms with Crippen LogP contribution in [0.25, 0.3) is 0 Å². The first-order chi connectivity index (χ1) is 15.2. The molecule has 2 unspecified atom stereocenters. The van der Waals surface area contributed by atoms with Gasteiger partial charge >= 0.3 is 6.18 Å². The number of carbonyl (C=O) groups is 1. The first kappa shape index (κ1) is 24.7. The van der Waals surface area contributed by atoms with E-state index in [9.17, 15) is 23.1 Å². The molecule has 9 heteroatoms. The van der Waals surface area contributed by atoms with Crippen LogP contribution in [0.2, 0.25) is 5.02 Å². The zero-order valence-electron chi connectivity index (χ0n) is 17.9. The average molecular weight is 487 g/mol. The molecule has 32 heavy (non-hydrogen) atoms. The Labute approximate surface area is 195 Å². The molecule has 0 aliphatic carbocycles. The van der Waals surface area contributed by atoms with Gasteiger partial charge in [-0.05, 0) is 73.8 Å². The highest BCUT2D eigenvalue weighted by Crippen LogP contribution is 2.47. The van der Waals surface area contributed by atoms with E-state index in [0.29, 0.717) is 27.6 Å². The van der Waals surface area contributed by atoms with Crippen LogP contribution >= 0.6 is 23.4 Å². The van der Waals surface area contributed by atoms with Crippen LogP contribution in [0.1, 0.15) is 42.9 Å². The number of nitrogens with one attached hydrogen (secondary N) is 1. The molecule has 1 aliphatic heterocycles. The van der Waals surface area contributed by atoms with E-state index in [-0.39, 0.29) is 11.7 Å². The van der Waals surface area contributed by atoms with Gasteiger partial charge in [-0.3, -0.25) is 4.79 Å². The molecule has 1 amide bonds. The summed E-state index contributed by atoms with van der Waals surface area (Å²) in [6.07, 6.45) is -3.69. The van der Waals surface area contributed by atoms with Crippen LogP contribution in [-0.2, 0) is 11.0 Å². The minimum atomic E-state index is -4.52. The average Bonchev–Trinajstić information content (AvgIpc) is 2.74. The fourth-order valence-corrected chi connectivity index (χ4v) is 5.37. The Morgan fingerprint density at radius 3 is 2.50 bits per heavy atom. The van der Waals surface area contributed by atoms with E-state index in [1.165, 1.54) is 36.0 Å². The molecular weight excluding hydrogens is 461 g/mol. The number of halogens is 4. The maximum absolute atomic E-state index is 13.4. The molecule has 0 fully saturated rings. The van der Waals surface area contributed by atoms with Gasteiger partial charge in [-0.1, -0.05) is 25.4 Å². The smallest absolute Gasteiger partial charge is 0.416 e. The normalized spacial score (nSPS) is 18.5. The SMILES string of the molecule is CCN(CC)CCCSC1C(=O)Nc2ccc(C(F)(F)F)cc2C1c1cc(Cl)ccc1O. The van der Waals surface area contributed by atoms with Crippen molar-refractivity contribution >= 4 is 35.0 Å². The van der Waals surface area contributed by atoms with Crippen molar-refractivity contribution < 1.29 is 23.1 Å². The summed E-state index contributed by atoms with van der Waals surface area (Å²) in [4.78, 5) is 15.3. The molecule has 0 saturated carbocycles. The summed E-state index contributed by atoms with van der Waals surface area (Å²) < 4.78 is 40.3. The maximum Gasteiger partial charge on any atom is 0.416 e. The van der Waals surface area contributed by atoms with Crippen molar-refractivity contribution in [2.24, 2.45) is 0 Å². The summed E-state index contributed by atoms with van der Waals surface area (Å²) in [6.45, 7) is 6.89. The van der Waals surface area contributed by atoms with Crippen LogP contribution < -0.4 is 5.32 Å². The number of carbonyl (C=O) groups excluding carboxylic acids is 1. The lowest BCUT2D eigenvalue weighted by Gasteiger charge is -2.34. The molecule has 0 radical (unpaired) electrons. The number of alkyl halides is 3. The quantitative estimate of drug-likeness (QED) is 0.450. The number of aromatic hydroxyl groups is 1. The third-order valence-corrected chi connectivity index (χ3v) is 7.27. The van der Waals surface area contributed by atoms with Gasteiger partial charge in [0.2, 0.25) is 5.91 Å². The number of hydrogen-bond acceptors (Lipinski definition) is 4. The molecule has 2 aromatic rings. The van der Waals surface area contributed by atoms with E-state index in [1.54, 1.807) is 0 Å². The van der Waals surface area contributed by atoms with Crippen molar-refractivity contribution in [2.45, 2.75) is 37.6 Å². The molecule has 2 N–H and O–H groups in total. The number of rotatable bonds is 8. The van der Waals surface area contributed by atoms with Crippen molar-refractivity contribution in [3.05, 3.63) is 58.1 Å². The lowest BCUT2D eigenvalue weighted by Crippen LogP contribution is -2.37. The summed E-state index contributed by atoms with van der Waals surface area (Å²) in [7, 11) is 0. The molecule has 0 saturated heterocycles. The number of anilines is 1. The predicted octanol–water partition coefficient (Wildman–Crippen LogP) is 5.98. The van der Waals surface area contributed by atoms with Crippen LogP contribution in [0.4, 0.5) is 18.9 Å². The van der Waals surface area contributed by atoms with Gasteiger partial charge in [-0.25, -0.2) is 0 Å². The van der Waals surface area contributed by atoms with Gasteiger partial charge in [0.05, 0.1) is 10.8 Å². The molecule has 3 rings (SSSR count). The number of phenols is 1. The highest BCUT2D eigenvalue weighted by atomic mass is 35.5. The molecule has 1 aliphatic rings. The van der Waals surface area contributed by atoms with E-state index in [1.807, 2.05) is 0 Å². The molecule has 174 valence electrons. The Kier molecular flexibility index (Phi) is 8.01. The summed E-state index contributed by atoms with van der Waals surface area (Å²) >= 11 is 7.53. The van der Waals surface area contributed by atoms with E-state index in [2.05, 4.69) is 24.1 Å². The standard InChI is InChI=1S/C23H26ClF3N2O2S/c1-3-29(4-2)10-5-11-32-21-20(17-13-15(24)7-9-19(17)30)16-12-14(23(25,26)27)6-8-18(16)28-22(21)31/h6-9,12-13,20-21,30H,3-5,10-11H2,1-2H3,(H,28,31). The highest BCUT2D eigenvalue weighted by Gasteiger charge is 2.40. The van der Waals surface area contributed by atoms with Crippen LogP contribution in [0, 0.1) is 0 Å². The van der Waals surface area contributed by atoms with Gasteiger partial charge in [0.1, 0.15) is 5.75 Å². The van der Waals surface area contributed by atoms with E-state index in [0.717, 1.165) is 38.2 Å². The van der Waals surface area contributed by atoms with Crippen molar-refractivity contribution in [1.29, 1.82) is 0 Å². The summed E-state index contributed by atoms with van der Waals surface area (Å²) in [5, 5.41) is 12.9. The topological polar surface area (TPSA) is 52.6 Å². The molecule has 0 aromatic heterocycles. The summed E-state index contributed by atoms with van der Waals surface area (Å²) in [5.41, 5.74) is 0.170. The van der Waals surface area contributed by atoms with Crippen molar-refractivity contribution in [1.82, 2.24) is 4.90 Å². The second kappa shape index (κ2) is 10.4. The van der Waals surface area contributed by atoms with Crippen LogP contribution in [0.15, 0.2) is 36.4 Å². The number of phenolic OH excluding ortho intramolecular Hbond substituents is 1. The minimum absolute atomic E-state index is 0.105. The van der Waals surface area contributed by atoms with E-state index in [4.69, 9.17) is 11.6 Å². The molecule has 0 spiro atoms. The van der Waals surface area contributed by atoms with E-state index < -0.39 is 22.9 Å². The first-order valence-electron chi connectivity index (χ1n) is 10.5. The molecule has 0 bridgehead atoms. The Balaban J connectivity index is 1.98. The molecule has 2 atom stereocenters. The predicted molar refractivity (Wildman–Crippen MR) is 124 cm³/mol. The Bertz CT molecular complexity index is 967. The highest BCUT2D eigenvalue weighted by molar-refractivity contribution is 8.00. The fourth-order valence-electron chi connectivity index (χ4n) is 3.94. The Hall–Kier alpha value is -1.90. The van der Waals surface area contributed by atoms with E-state index >= 15 is 0 Å². The summed E-state index contributed by atoms with van der Waals surface area (Å²) in [6, 6.07) is 7.70. The number of fused-ring (bicyclic) bond motifs is 1. The number of hydrogen-bond donors (Lipinski definition) is 2. The Morgan fingerprint density at radius 2 is 1.84 bits per heavy atom. The zero-order chi connectivity index (χ0) is 23.5. The monoisotopic (exact) mass is 486 g/mol. The van der Waals surface area contributed by atoms with Crippen LogP contribution in [0.3, 0.4) is 0 Å². The second-order valence-corrected chi connectivity index (χ2v) is 9.33. The van der Waals surface area contributed by atoms with Crippen LogP contribution in [0.5, 0.6) is 5.75 Å². The van der Waals surface area contributed by atoms with Gasteiger partial charge in [0.25, 0.3) is 0 Å². The molecule has 1 heterocycles. The fraction of sp³-hybridized carbons (Fsp3) is 0.435. The molecule has 2 aromatic carbocycles. The number of nitrogens with zero attached hydrogens (tertiary/aromatic N) is 1. The van der Waals surface area contributed by atoms with Gasteiger partial charge in [-0.15, -0.1) is 11.8 Å². The van der Waals surface area contributed by atoms with Gasteiger partial charge in [-0.2, -0.15) is 13.2 Å². The second-order valence-electron chi connectivity index (χ2n) is 7.64. The maximum atomic E-state index is 13.4. The number of amides is 1. The van der Waals surface area contributed by atoms with Gasteiger partial charge < -0.3 is 15.3 Å². The third-order valence-electron chi connectivity index (χ3n) is 5.67. The largest absolute Gasteiger partial charge is 0.508 e. The molecule has 4 nitrogen and oxygen atoms in total. The number of thioether (sulfide) groups is 1. The first-order valence-corrected chi connectivity index (χ1v) is 11.9. The van der Waals surface area contributed by atoms with Crippen molar-refractivity contribution in [3.63, 3.8) is 0 Å². The van der Waals surface area contributed by atoms with Crippen LogP contribution in [-0.4, -0.2) is 46.6 Å².